The highest BCUT2D eigenvalue weighted by atomic mass is 16.5. The van der Waals surface area contributed by atoms with Crippen LogP contribution in [-0.4, -0.2) is 18.6 Å². The predicted molar refractivity (Wildman–Crippen MR) is 48.9 cm³/mol. The molecule has 0 spiro atoms. The van der Waals surface area contributed by atoms with Crippen LogP contribution in [0.3, 0.4) is 0 Å². The Morgan fingerprint density at radius 2 is 2.15 bits per heavy atom. The van der Waals surface area contributed by atoms with Crippen molar-refractivity contribution in [1.82, 2.24) is 0 Å². The van der Waals surface area contributed by atoms with Crippen molar-refractivity contribution in [3.8, 4) is 0 Å². The summed E-state index contributed by atoms with van der Waals surface area (Å²) in [5.41, 5.74) is -0.659. The van der Waals surface area contributed by atoms with E-state index in [2.05, 4.69) is 9.58 Å². The average molecular weight is 181 g/mol. The zero-order chi connectivity index (χ0) is 10.3. The zero-order valence-electron chi connectivity index (χ0n) is 8.55. The lowest BCUT2D eigenvalue weighted by Gasteiger charge is -2.20. The smallest absolute Gasteiger partial charge is 0.317 e. The lowest BCUT2D eigenvalue weighted by Crippen LogP contribution is -2.29. The highest BCUT2D eigenvalue weighted by Crippen LogP contribution is 2.58. The lowest BCUT2D eigenvalue weighted by atomic mass is 9.83. The van der Waals surface area contributed by atoms with Crippen molar-refractivity contribution in [1.29, 1.82) is 0 Å². The number of methoxy groups -OCH3 is 1. The van der Waals surface area contributed by atoms with E-state index in [-0.39, 0.29) is 17.3 Å². The molecule has 1 fully saturated rings. The molecule has 3 nitrogen and oxygen atoms in total. The van der Waals surface area contributed by atoms with Crippen LogP contribution >= 0.6 is 0 Å². The summed E-state index contributed by atoms with van der Waals surface area (Å²) in [6.45, 7) is 13.1. The van der Waals surface area contributed by atoms with Crippen LogP contribution < -0.4 is 0 Å². The molecule has 0 unspecified atom stereocenters. The zero-order valence-corrected chi connectivity index (χ0v) is 8.55. The second-order valence-electron chi connectivity index (χ2n) is 4.57. The summed E-state index contributed by atoms with van der Waals surface area (Å²) in [5.74, 6) is -0.457. The molecular weight excluding hydrogens is 166 g/mol. The first-order valence-electron chi connectivity index (χ1n) is 4.35. The summed E-state index contributed by atoms with van der Waals surface area (Å²) in [7, 11) is 1.37. The van der Waals surface area contributed by atoms with Crippen molar-refractivity contribution in [3.63, 3.8) is 0 Å². The maximum Gasteiger partial charge on any atom is 0.317 e. The number of carbonyl (C=O) groups is 1. The predicted octanol–water partition coefficient (Wildman–Crippen LogP) is 1.88. The SMILES string of the molecule is [C-]#[N+][C@@]1(C(C)(C)C)C[C@H]1C(=O)OC. The number of carbonyl (C=O) groups excluding carboxylic acids is 1. The molecule has 0 amide bonds. The van der Waals surface area contributed by atoms with Gasteiger partial charge in [0.15, 0.2) is 0 Å². The van der Waals surface area contributed by atoms with Crippen molar-refractivity contribution < 1.29 is 9.53 Å². The minimum atomic E-state index is -0.514. The van der Waals surface area contributed by atoms with Gasteiger partial charge in [-0.25, -0.2) is 6.57 Å². The van der Waals surface area contributed by atoms with Gasteiger partial charge in [-0.3, -0.25) is 4.79 Å². The van der Waals surface area contributed by atoms with Crippen molar-refractivity contribution >= 4 is 5.97 Å². The minimum Gasteiger partial charge on any atom is -0.469 e. The highest BCUT2D eigenvalue weighted by Gasteiger charge is 2.73. The monoisotopic (exact) mass is 181 g/mol. The molecule has 1 aliphatic rings. The summed E-state index contributed by atoms with van der Waals surface area (Å²) >= 11 is 0. The Labute approximate surface area is 78.9 Å². The fourth-order valence-corrected chi connectivity index (χ4v) is 1.79. The molecule has 0 aromatic rings. The van der Waals surface area contributed by atoms with Gasteiger partial charge >= 0.3 is 5.97 Å². The van der Waals surface area contributed by atoms with E-state index in [1.54, 1.807) is 0 Å². The Kier molecular flexibility index (Phi) is 2.11. The van der Waals surface area contributed by atoms with E-state index in [0.717, 1.165) is 0 Å². The number of ether oxygens (including phenoxy) is 1. The molecule has 13 heavy (non-hydrogen) atoms. The first kappa shape index (κ1) is 10.0. The van der Waals surface area contributed by atoms with Crippen LogP contribution in [0.5, 0.6) is 0 Å². The van der Waals surface area contributed by atoms with Crippen LogP contribution in [0.4, 0.5) is 0 Å². The third kappa shape index (κ3) is 1.31. The molecule has 0 saturated heterocycles. The summed E-state index contributed by atoms with van der Waals surface area (Å²) in [6.07, 6.45) is 0.646. The maximum atomic E-state index is 11.2. The van der Waals surface area contributed by atoms with Gasteiger partial charge in [0.25, 0.3) is 5.54 Å². The molecule has 0 aromatic heterocycles. The van der Waals surface area contributed by atoms with E-state index in [0.29, 0.717) is 6.42 Å². The Morgan fingerprint density at radius 1 is 1.62 bits per heavy atom. The summed E-state index contributed by atoms with van der Waals surface area (Å²) < 4.78 is 4.64. The summed E-state index contributed by atoms with van der Waals surface area (Å²) in [4.78, 5) is 14.8. The van der Waals surface area contributed by atoms with Gasteiger partial charge in [0.05, 0.1) is 7.11 Å². The third-order valence-electron chi connectivity index (χ3n) is 2.92. The van der Waals surface area contributed by atoms with Crippen LogP contribution in [0.25, 0.3) is 4.85 Å². The number of rotatable bonds is 1. The van der Waals surface area contributed by atoms with Gasteiger partial charge in [-0.05, 0) is 0 Å². The number of hydrogen-bond donors (Lipinski definition) is 0. The molecule has 0 heterocycles. The Morgan fingerprint density at radius 3 is 2.38 bits per heavy atom. The van der Waals surface area contributed by atoms with Gasteiger partial charge in [-0.15, -0.1) is 0 Å². The molecule has 0 radical (unpaired) electrons. The van der Waals surface area contributed by atoms with E-state index >= 15 is 0 Å². The van der Waals surface area contributed by atoms with Gasteiger partial charge in [-0.1, -0.05) is 20.8 Å². The molecule has 0 N–H and O–H groups in total. The van der Waals surface area contributed by atoms with E-state index in [1.807, 2.05) is 20.8 Å². The molecule has 1 aliphatic carbocycles. The standard InChI is InChI=1S/C10H15NO2/c1-9(2,3)10(11-4)6-7(10)8(12)13-5/h7H,6H2,1-3,5H3/t7-,10-/m0/s1. The number of hydrogen-bond acceptors (Lipinski definition) is 2. The second-order valence-corrected chi connectivity index (χ2v) is 4.57. The number of esters is 1. The maximum absolute atomic E-state index is 11.2. The van der Waals surface area contributed by atoms with Gasteiger partial charge < -0.3 is 9.58 Å². The lowest BCUT2D eigenvalue weighted by molar-refractivity contribution is -0.142. The topological polar surface area (TPSA) is 30.7 Å². The van der Waals surface area contributed by atoms with Gasteiger partial charge in [0, 0.05) is 11.8 Å². The fraction of sp³-hybridized carbons (Fsp3) is 0.800. The quantitative estimate of drug-likeness (QED) is 0.457. The van der Waals surface area contributed by atoms with E-state index in [9.17, 15) is 4.79 Å². The van der Waals surface area contributed by atoms with Gasteiger partial charge in [-0.2, -0.15) is 0 Å². The minimum absolute atomic E-state index is 0.145. The summed E-state index contributed by atoms with van der Waals surface area (Å²) in [6, 6.07) is 0. The van der Waals surface area contributed by atoms with Crippen LogP contribution in [0.1, 0.15) is 27.2 Å². The molecule has 72 valence electrons. The third-order valence-corrected chi connectivity index (χ3v) is 2.92. The van der Waals surface area contributed by atoms with E-state index in [1.165, 1.54) is 7.11 Å². The Bertz CT molecular complexity index is 272. The fourth-order valence-electron chi connectivity index (χ4n) is 1.79. The average Bonchev–Trinajstić information content (AvgIpc) is 2.77. The van der Waals surface area contributed by atoms with E-state index in [4.69, 9.17) is 6.57 Å². The van der Waals surface area contributed by atoms with Crippen LogP contribution in [0.15, 0.2) is 0 Å². The molecule has 1 saturated carbocycles. The molecular formula is C10H15NO2. The highest BCUT2D eigenvalue weighted by molar-refractivity contribution is 5.79. The van der Waals surface area contributed by atoms with Crippen molar-refractivity contribution in [2.75, 3.05) is 7.11 Å². The molecule has 0 aromatic carbocycles. The first-order valence-corrected chi connectivity index (χ1v) is 4.35. The normalized spacial score (nSPS) is 32.1. The Balaban J connectivity index is 2.83. The first-order chi connectivity index (χ1) is 5.89. The second kappa shape index (κ2) is 2.73. The van der Waals surface area contributed by atoms with Crippen molar-refractivity contribution in [3.05, 3.63) is 11.4 Å². The molecule has 2 atom stereocenters. The Hall–Kier alpha value is -1.04. The number of nitrogens with zero attached hydrogens (tertiary/aromatic N) is 1. The van der Waals surface area contributed by atoms with Crippen LogP contribution in [0.2, 0.25) is 0 Å². The largest absolute Gasteiger partial charge is 0.469 e. The molecule has 1 rings (SSSR count). The van der Waals surface area contributed by atoms with Crippen molar-refractivity contribution in [2.45, 2.75) is 32.7 Å². The molecule has 3 heteroatoms. The summed E-state index contributed by atoms with van der Waals surface area (Å²) in [5, 5.41) is 0. The van der Waals surface area contributed by atoms with Crippen LogP contribution in [-0.2, 0) is 9.53 Å². The van der Waals surface area contributed by atoms with Gasteiger partial charge in [0.1, 0.15) is 5.92 Å². The van der Waals surface area contributed by atoms with E-state index < -0.39 is 5.54 Å². The van der Waals surface area contributed by atoms with Crippen LogP contribution in [0, 0.1) is 17.9 Å². The molecule has 0 bridgehead atoms. The van der Waals surface area contributed by atoms with Gasteiger partial charge in [0.2, 0.25) is 0 Å². The van der Waals surface area contributed by atoms with Crippen molar-refractivity contribution in [2.24, 2.45) is 11.3 Å². The molecule has 0 aliphatic heterocycles.